The van der Waals surface area contributed by atoms with Crippen LogP contribution in [0.1, 0.15) is 24.5 Å². The fourth-order valence-corrected chi connectivity index (χ4v) is 2.07. The summed E-state index contributed by atoms with van der Waals surface area (Å²) >= 11 is 0. The van der Waals surface area contributed by atoms with Crippen molar-refractivity contribution in [3.63, 3.8) is 0 Å². The van der Waals surface area contributed by atoms with Crippen LogP contribution in [-0.2, 0) is 4.74 Å². The molecule has 0 saturated heterocycles. The standard InChI is InChI=1S/C19H30N4O/c1-15(22-12-13-24-5)10-11-21-14-23-17(3)19-8-6-18(7-9-19)16(2)20-4/h6-9,14-15,20,22H,2-3,10-13H2,1,4-5H3,(H,21,23). The zero-order chi connectivity index (χ0) is 17.8. The third-order valence-corrected chi connectivity index (χ3v) is 3.70. The van der Waals surface area contributed by atoms with Gasteiger partial charge in [0.05, 0.1) is 12.9 Å². The summed E-state index contributed by atoms with van der Waals surface area (Å²) in [4.78, 5) is 4.37. The highest BCUT2D eigenvalue weighted by molar-refractivity contribution is 5.75. The lowest BCUT2D eigenvalue weighted by molar-refractivity contribution is 0.196. The highest BCUT2D eigenvalue weighted by Gasteiger charge is 2.00. The molecule has 1 aromatic carbocycles. The van der Waals surface area contributed by atoms with Crippen LogP contribution in [0.3, 0.4) is 0 Å². The lowest BCUT2D eigenvalue weighted by Crippen LogP contribution is -2.29. The molecular formula is C19H30N4O. The van der Waals surface area contributed by atoms with Crippen LogP contribution < -0.4 is 16.0 Å². The Hall–Kier alpha value is -2.11. The summed E-state index contributed by atoms with van der Waals surface area (Å²) in [5.41, 5.74) is 3.82. The Morgan fingerprint density at radius 2 is 1.83 bits per heavy atom. The molecule has 1 unspecified atom stereocenters. The molecule has 3 N–H and O–H groups in total. The van der Waals surface area contributed by atoms with Gasteiger partial charge in [0.25, 0.3) is 0 Å². The second kappa shape index (κ2) is 11.4. The van der Waals surface area contributed by atoms with Crippen molar-refractivity contribution in [1.29, 1.82) is 0 Å². The van der Waals surface area contributed by atoms with E-state index in [1.807, 2.05) is 31.3 Å². The molecule has 0 aromatic heterocycles. The van der Waals surface area contributed by atoms with E-state index >= 15 is 0 Å². The van der Waals surface area contributed by atoms with Gasteiger partial charge in [-0.1, -0.05) is 37.4 Å². The molecule has 132 valence electrons. The number of rotatable bonds is 12. The van der Waals surface area contributed by atoms with Crippen LogP contribution in [-0.4, -0.2) is 46.2 Å². The van der Waals surface area contributed by atoms with E-state index in [0.29, 0.717) is 6.04 Å². The Morgan fingerprint density at radius 1 is 1.21 bits per heavy atom. The maximum atomic E-state index is 5.01. The van der Waals surface area contributed by atoms with E-state index in [4.69, 9.17) is 4.74 Å². The summed E-state index contributed by atoms with van der Waals surface area (Å²) in [7, 11) is 3.57. The summed E-state index contributed by atoms with van der Waals surface area (Å²) in [6.45, 7) is 12.5. The second-order valence-electron chi connectivity index (χ2n) is 5.60. The molecule has 0 bridgehead atoms. The molecule has 0 saturated carbocycles. The average molecular weight is 330 g/mol. The topological polar surface area (TPSA) is 57.7 Å². The van der Waals surface area contributed by atoms with Gasteiger partial charge in [0, 0.05) is 44.7 Å². The Balaban J connectivity index is 2.31. The van der Waals surface area contributed by atoms with Gasteiger partial charge in [-0.2, -0.15) is 0 Å². The molecule has 1 atom stereocenters. The van der Waals surface area contributed by atoms with E-state index < -0.39 is 0 Å². The van der Waals surface area contributed by atoms with E-state index in [1.54, 1.807) is 13.4 Å². The van der Waals surface area contributed by atoms with Crippen LogP contribution in [0.2, 0.25) is 0 Å². The van der Waals surface area contributed by atoms with Gasteiger partial charge in [-0.25, -0.2) is 0 Å². The van der Waals surface area contributed by atoms with Crippen molar-refractivity contribution in [2.24, 2.45) is 4.99 Å². The minimum absolute atomic E-state index is 0.424. The summed E-state index contributed by atoms with van der Waals surface area (Å²) in [5, 5.41) is 9.54. The minimum atomic E-state index is 0.424. The van der Waals surface area contributed by atoms with Crippen molar-refractivity contribution >= 4 is 17.7 Å². The van der Waals surface area contributed by atoms with E-state index in [0.717, 1.165) is 48.6 Å². The SMILES string of the molecule is C=C(NC)c1ccc(C(=C)NC=NCCC(C)NCCOC)cc1. The number of benzene rings is 1. The smallest absolute Gasteiger partial charge is 0.0867 e. The first-order valence-corrected chi connectivity index (χ1v) is 8.22. The molecular weight excluding hydrogens is 300 g/mol. The monoisotopic (exact) mass is 330 g/mol. The zero-order valence-electron chi connectivity index (χ0n) is 15.1. The summed E-state index contributed by atoms with van der Waals surface area (Å²) in [6.07, 6.45) is 2.69. The number of aliphatic imine (C=N–C) groups is 1. The minimum Gasteiger partial charge on any atom is -0.388 e. The van der Waals surface area contributed by atoms with Crippen LogP contribution in [0.5, 0.6) is 0 Å². The van der Waals surface area contributed by atoms with Gasteiger partial charge in [-0.05, 0) is 24.5 Å². The molecule has 0 fully saturated rings. The lowest BCUT2D eigenvalue weighted by atomic mass is 10.1. The van der Waals surface area contributed by atoms with Gasteiger partial charge in [0.15, 0.2) is 0 Å². The van der Waals surface area contributed by atoms with Crippen molar-refractivity contribution in [3.05, 3.63) is 48.6 Å². The van der Waals surface area contributed by atoms with Gasteiger partial charge in [0.1, 0.15) is 0 Å². The van der Waals surface area contributed by atoms with E-state index in [-0.39, 0.29) is 0 Å². The summed E-state index contributed by atoms with van der Waals surface area (Å²) in [6, 6.07) is 8.50. The predicted octanol–water partition coefficient (Wildman–Crippen LogP) is 2.48. The number of ether oxygens (including phenoxy) is 1. The quantitative estimate of drug-likeness (QED) is 0.313. The molecule has 0 aliphatic rings. The van der Waals surface area contributed by atoms with Crippen molar-refractivity contribution in [2.75, 3.05) is 33.9 Å². The highest BCUT2D eigenvalue weighted by Crippen LogP contribution is 2.14. The zero-order valence-corrected chi connectivity index (χ0v) is 15.1. The van der Waals surface area contributed by atoms with E-state index in [9.17, 15) is 0 Å². The molecule has 5 heteroatoms. The van der Waals surface area contributed by atoms with Crippen molar-refractivity contribution < 1.29 is 4.74 Å². The largest absolute Gasteiger partial charge is 0.388 e. The van der Waals surface area contributed by atoms with Gasteiger partial charge in [-0.3, -0.25) is 4.99 Å². The first kappa shape index (κ1) is 19.9. The molecule has 0 aliphatic heterocycles. The second-order valence-corrected chi connectivity index (χ2v) is 5.60. The molecule has 0 spiro atoms. The first-order chi connectivity index (χ1) is 11.6. The summed E-state index contributed by atoms with van der Waals surface area (Å²) in [5.74, 6) is 0. The molecule has 24 heavy (non-hydrogen) atoms. The van der Waals surface area contributed by atoms with E-state index in [2.05, 4.69) is 41.0 Å². The van der Waals surface area contributed by atoms with Crippen LogP contribution in [0.4, 0.5) is 0 Å². The predicted molar refractivity (Wildman–Crippen MR) is 104 cm³/mol. The third-order valence-electron chi connectivity index (χ3n) is 3.70. The van der Waals surface area contributed by atoms with Crippen molar-refractivity contribution in [1.82, 2.24) is 16.0 Å². The molecule has 1 rings (SSSR count). The third kappa shape index (κ3) is 7.44. The van der Waals surface area contributed by atoms with Gasteiger partial charge in [-0.15, -0.1) is 0 Å². The molecule has 0 amide bonds. The van der Waals surface area contributed by atoms with Crippen LogP contribution in [0, 0.1) is 0 Å². The van der Waals surface area contributed by atoms with Gasteiger partial charge in [0.2, 0.25) is 0 Å². The van der Waals surface area contributed by atoms with Crippen LogP contribution in [0.15, 0.2) is 42.4 Å². The molecule has 0 aliphatic carbocycles. The molecule has 0 heterocycles. The van der Waals surface area contributed by atoms with Crippen LogP contribution in [0.25, 0.3) is 11.4 Å². The maximum Gasteiger partial charge on any atom is 0.0867 e. The molecule has 1 aromatic rings. The van der Waals surface area contributed by atoms with Crippen LogP contribution >= 0.6 is 0 Å². The van der Waals surface area contributed by atoms with Crippen molar-refractivity contribution in [3.8, 4) is 0 Å². The van der Waals surface area contributed by atoms with E-state index in [1.165, 1.54) is 0 Å². The normalized spacial score (nSPS) is 12.1. The Kier molecular flexibility index (Phi) is 9.49. The fourth-order valence-electron chi connectivity index (χ4n) is 2.07. The first-order valence-electron chi connectivity index (χ1n) is 8.22. The number of nitrogens with zero attached hydrogens (tertiary/aromatic N) is 1. The number of hydrogen-bond donors (Lipinski definition) is 3. The lowest BCUT2D eigenvalue weighted by Gasteiger charge is -2.11. The molecule has 5 nitrogen and oxygen atoms in total. The maximum absolute atomic E-state index is 5.01. The number of hydrogen-bond acceptors (Lipinski definition) is 4. The number of methoxy groups -OCH3 is 1. The molecule has 0 radical (unpaired) electrons. The summed E-state index contributed by atoms with van der Waals surface area (Å²) < 4.78 is 5.01. The highest BCUT2D eigenvalue weighted by atomic mass is 16.5. The average Bonchev–Trinajstić information content (AvgIpc) is 2.61. The Labute approximate surface area is 145 Å². The fraction of sp³-hybridized carbons (Fsp3) is 0.421. The van der Waals surface area contributed by atoms with Gasteiger partial charge < -0.3 is 20.7 Å². The Bertz CT molecular complexity index is 537. The number of nitrogens with one attached hydrogen (secondary N) is 3. The Morgan fingerprint density at radius 3 is 2.42 bits per heavy atom. The van der Waals surface area contributed by atoms with Crippen molar-refractivity contribution in [2.45, 2.75) is 19.4 Å². The van der Waals surface area contributed by atoms with Gasteiger partial charge >= 0.3 is 0 Å².